The van der Waals surface area contributed by atoms with E-state index in [0.29, 0.717) is 12.0 Å². The lowest BCUT2D eigenvalue weighted by molar-refractivity contribution is 0.0930. The number of furan rings is 1. The van der Waals surface area contributed by atoms with E-state index in [1.807, 2.05) is 60.9 Å². The third-order valence-electron chi connectivity index (χ3n) is 5.34. The molecule has 0 aliphatic heterocycles. The number of fused-ring (bicyclic) bond motifs is 1. The molecule has 4 rings (SSSR count). The minimum atomic E-state index is -0.852. The molecule has 0 saturated carbocycles. The minimum Gasteiger partial charge on any atom is -0.467 e. The largest absolute Gasteiger partial charge is 0.467 e. The molecular formula is C25H24O2S. The predicted octanol–water partition coefficient (Wildman–Crippen LogP) is 6.61. The molecule has 0 radical (unpaired) electrons. The molecule has 3 aromatic rings. The molecule has 0 spiro atoms. The van der Waals surface area contributed by atoms with Gasteiger partial charge in [-0.3, -0.25) is 4.79 Å². The Morgan fingerprint density at radius 3 is 2.43 bits per heavy atom. The molecule has 1 heterocycles. The van der Waals surface area contributed by atoms with E-state index in [-0.39, 0.29) is 5.78 Å². The zero-order valence-corrected chi connectivity index (χ0v) is 16.7. The summed E-state index contributed by atoms with van der Waals surface area (Å²) in [5.41, 5.74) is 3.18. The summed E-state index contributed by atoms with van der Waals surface area (Å²) in [5.74, 6) is 0.884. The van der Waals surface area contributed by atoms with Crippen molar-refractivity contribution in [2.45, 2.75) is 41.7 Å². The summed E-state index contributed by atoms with van der Waals surface area (Å²) in [5, 5.41) is 0. The Labute approximate surface area is 170 Å². The van der Waals surface area contributed by atoms with Crippen LogP contribution >= 0.6 is 11.8 Å². The molecule has 0 saturated heterocycles. The van der Waals surface area contributed by atoms with Crippen LogP contribution in [0, 0.1) is 0 Å². The predicted molar refractivity (Wildman–Crippen MR) is 115 cm³/mol. The van der Waals surface area contributed by atoms with Gasteiger partial charge in [0, 0.05) is 10.5 Å². The smallest absolute Gasteiger partial charge is 0.187 e. The second-order valence-electron chi connectivity index (χ2n) is 7.21. The summed E-state index contributed by atoms with van der Waals surface area (Å²) < 4.78 is 5.31. The van der Waals surface area contributed by atoms with Crippen LogP contribution in [0.4, 0.5) is 0 Å². The number of carbonyl (C=O) groups excluding carboxylic acids is 1. The first-order valence-corrected chi connectivity index (χ1v) is 10.6. The number of Topliss-reactive ketones (excluding diaryl/α,β-unsaturated/α-hetero) is 1. The number of benzene rings is 2. The molecule has 3 heteroatoms. The second kappa shape index (κ2) is 8.24. The number of allylic oxidation sites excluding steroid dienone is 1. The van der Waals surface area contributed by atoms with Crippen LogP contribution in [0.3, 0.4) is 0 Å². The summed E-state index contributed by atoms with van der Waals surface area (Å²) in [6.45, 7) is 3.98. The van der Waals surface area contributed by atoms with Crippen molar-refractivity contribution >= 4 is 17.5 Å². The van der Waals surface area contributed by atoms with E-state index in [4.69, 9.17) is 4.42 Å². The summed E-state index contributed by atoms with van der Waals surface area (Å²) in [4.78, 5) is 15.0. The van der Waals surface area contributed by atoms with Crippen LogP contribution in [-0.4, -0.2) is 5.78 Å². The lowest BCUT2D eigenvalue weighted by atomic mass is 9.85. The topological polar surface area (TPSA) is 30.2 Å². The van der Waals surface area contributed by atoms with Gasteiger partial charge in [0.1, 0.15) is 10.5 Å². The molecule has 0 N–H and O–H groups in total. The van der Waals surface area contributed by atoms with Gasteiger partial charge >= 0.3 is 0 Å². The average Bonchev–Trinajstić information content (AvgIpc) is 3.19. The SMILES string of the molecule is C=CCC(Sc1ccccc1)(C(=O)c1ccccc1)c1occ2c1CCCC2. The van der Waals surface area contributed by atoms with Crippen molar-refractivity contribution in [2.75, 3.05) is 0 Å². The normalized spacial score (nSPS) is 15.4. The van der Waals surface area contributed by atoms with E-state index in [0.717, 1.165) is 29.9 Å². The van der Waals surface area contributed by atoms with Crippen molar-refractivity contribution in [1.82, 2.24) is 0 Å². The lowest BCUT2D eigenvalue weighted by Crippen LogP contribution is -2.33. The zero-order valence-electron chi connectivity index (χ0n) is 15.9. The number of hydrogen-bond acceptors (Lipinski definition) is 3. The Hall–Kier alpha value is -2.52. The Balaban J connectivity index is 1.89. The minimum absolute atomic E-state index is 0.0737. The Morgan fingerprint density at radius 2 is 1.71 bits per heavy atom. The van der Waals surface area contributed by atoms with Crippen molar-refractivity contribution < 1.29 is 9.21 Å². The summed E-state index contributed by atoms with van der Waals surface area (Å²) in [6, 6.07) is 19.7. The first kappa shape index (κ1) is 18.8. The second-order valence-corrected chi connectivity index (χ2v) is 8.58. The Kier molecular flexibility index (Phi) is 5.54. The maximum Gasteiger partial charge on any atom is 0.187 e. The van der Waals surface area contributed by atoms with Gasteiger partial charge in [-0.25, -0.2) is 0 Å². The van der Waals surface area contributed by atoms with Crippen molar-refractivity contribution in [3.63, 3.8) is 0 Å². The number of carbonyl (C=O) groups is 1. The highest BCUT2D eigenvalue weighted by atomic mass is 32.2. The van der Waals surface area contributed by atoms with E-state index in [1.165, 1.54) is 17.5 Å². The highest BCUT2D eigenvalue weighted by Gasteiger charge is 2.46. The number of rotatable bonds is 7. The maximum atomic E-state index is 13.9. The fourth-order valence-electron chi connectivity index (χ4n) is 4.00. The third kappa shape index (κ3) is 3.47. The van der Waals surface area contributed by atoms with Crippen LogP contribution in [-0.2, 0) is 17.6 Å². The standard InChI is InChI=1S/C25H24O2S/c1-2-17-25(28-21-14-7-4-8-15-21,23(26)19-11-5-3-6-12-19)24-22-16-10-9-13-20(22)18-27-24/h2-8,11-12,14-15,18H,1,9-10,13,16-17H2. The van der Waals surface area contributed by atoms with Crippen molar-refractivity contribution in [3.05, 3.63) is 102 Å². The van der Waals surface area contributed by atoms with E-state index >= 15 is 0 Å². The van der Waals surface area contributed by atoms with E-state index in [9.17, 15) is 4.79 Å². The van der Waals surface area contributed by atoms with Gasteiger partial charge in [-0.05, 0) is 55.4 Å². The molecule has 2 aromatic carbocycles. The van der Waals surface area contributed by atoms with Gasteiger partial charge in [-0.2, -0.15) is 0 Å². The lowest BCUT2D eigenvalue weighted by Gasteiger charge is -2.31. The maximum absolute atomic E-state index is 13.9. The molecule has 1 aromatic heterocycles. The van der Waals surface area contributed by atoms with Crippen molar-refractivity contribution in [2.24, 2.45) is 0 Å². The van der Waals surface area contributed by atoms with Gasteiger partial charge in [0.2, 0.25) is 0 Å². The van der Waals surface area contributed by atoms with Gasteiger partial charge < -0.3 is 4.42 Å². The molecule has 142 valence electrons. The van der Waals surface area contributed by atoms with Crippen LogP contribution in [0.1, 0.15) is 46.5 Å². The van der Waals surface area contributed by atoms with E-state index in [1.54, 1.807) is 11.8 Å². The average molecular weight is 389 g/mol. The van der Waals surface area contributed by atoms with Crippen molar-refractivity contribution in [3.8, 4) is 0 Å². The van der Waals surface area contributed by atoms with Crippen molar-refractivity contribution in [1.29, 1.82) is 0 Å². The number of ketones is 1. The first-order chi connectivity index (χ1) is 13.7. The van der Waals surface area contributed by atoms with Crippen LogP contribution < -0.4 is 0 Å². The van der Waals surface area contributed by atoms with Crippen LogP contribution in [0.15, 0.2) is 88.9 Å². The molecule has 28 heavy (non-hydrogen) atoms. The number of hydrogen-bond donors (Lipinski definition) is 0. The fourth-order valence-corrected chi connectivity index (χ4v) is 5.37. The molecule has 1 atom stereocenters. The molecular weight excluding hydrogens is 364 g/mol. The van der Waals surface area contributed by atoms with Crippen LogP contribution in [0.5, 0.6) is 0 Å². The summed E-state index contributed by atoms with van der Waals surface area (Å²) in [6.07, 6.45) is 8.54. The molecule has 0 amide bonds. The molecule has 0 fully saturated rings. The first-order valence-electron chi connectivity index (χ1n) is 9.79. The molecule has 1 aliphatic rings. The van der Waals surface area contributed by atoms with Crippen LogP contribution in [0.25, 0.3) is 0 Å². The van der Waals surface area contributed by atoms with Crippen LogP contribution in [0.2, 0.25) is 0 Å². The van der Waals surface area contributed by atoms with E-state index in [2.05, 4.69) is 18.7 Å². The van der Waals surface area contributed by atoms with E-state index < -0.39 is 4.75 Å². The molecule has 1 aliphatic carbocycles. The monoisotopic (exact) mass is 388 g/mol. The summed E-state index contributed by atoms with van der Waals surface area (Å²) in [7, 11) is 0. The Morgan fingerprint density at radius 1 is 1.04 bits per heavy atom. The van der Waals surface area contributed by atoms with Gasteiger partial charge in [0.25, 0.3) is 0 Å². The van der Waals surface area contributed by atoms with Gasteiger partial charge in [-0.15, -0.1) is 18.3 Å². The quantitative estimate of drug-likeness (QED) is 0.259. The molecule has 1 unspecified atom stereocenters. The zero-order chi connectivity index (χ0) is 19.4. The Bertz CT molecular complexity index is 959. The number of thioether (sulfide) groups is 1. The van der Waals surface area contributed by atoms with Gasteiger partial charge in [-0.1, -0.05) is 54.6 Å². The number of aryl methyl sites for hydroxylation is 1. The highest BCUT2D eigenvalue weighted by molar-refractivity contribution is 8.01. The third-order valence-corrected chi connectivity index (χ3v) is 6.73. The molecule has 0 bridgehead atoms. The van der Waals surface area contributed by atoms with Gasteiger partial charge in [0.05, 0.1) is 6.26 Å². The fraction of sp³-hybridized carbons (Fsp3) is 0.240. The highest BCUT2D eigenvalue weighted by Crippen LogP contribution is 2.49. The molecule has 2 nitrogen and oxygen atoms in total. The summed E-state index contributed by atoms with van der Waals surface area (Å²) >= 11 is 1.58. The van der Waals surface area contributed by atoms with Gasteiger partial charge in [0.15, 0.2) is 5.78 Å².